The number of benzene rings is 2. The number of pyridine rings is 1. The van der Waals surface area contributed by atoms with E-state index >= 15 is 0 Å². The van der Waals surface area contributed by atoms with Crippen molar-refractivity contribution < 1.29 is 4.65 Å². The topological polar surface area (TPSA) is 57.9 Å². The minimum absolute atomic E-state index is 0.0320. The zero-order valence-electron chi connectivity index (χ0n) is 18.4. The molecule has 1 N–H and O–H groups in total. The Kier molecular flexibility index (Phi) is 5.07. The zero-order chi connectivity index (χ0) is 21.5. The second-order valence-electron chi connectivity index (χ2n) is 9.42. The van der Waals surface area contributed by atoms with Gasteiger partial charge < -0.3 is 9.97 Å². The number of fused-ring (bicyclic) bond motifs is 1. The molecule has 1 unspecified atom stereocenters. The highest BCUT2D eigenvalue weighted by Gasteiger charge is 2.49. The fraction of sp³-hybridized carbons (Fsp3) is 0.360. The number of nitriles is 1. The van der Waals surface area contributed by atoms with Gasteiger partial charge in [-0.15, -0.1) is 0 Å². The summed E-state index contributed by atoms with van der Waals surface area (Å²) in [5.41, 5.74) is 4.45. The summed E-state index contributed by atoms with van der Waals surface area (Å²) in [5.74, 6) is 0. The Balaban J connectivity index is 1.76. The van der Waals surface area contributed by atoms with Gasteiger partial charge in [0.1, 0.15) is 6.07 Å². The maximum Gasteiger partial charge on any atom is 0.327 e. The largest absolute Gasteiger partial charge is 0.426 e. The summed E-state index contributed by atoms with van der Waals surface area (Å²) >= 11 is 0. The molecule has 1 aliphatic rings. The Morgan fingerprint density at radius 3 is 2.50 bits per heavy atom. The molecule has 1 fully saturated rings. The number of hydrogen-bond acceptors (Lipinski definition) is 4. The number of nitrogens with one attached hydrogen (secondary N) is 1. The molecule has 2 heterocycles. The summed E-state index contributed by atoms with van der Waals surface area (Å²) in [6.45, 7) is 11.0. The van der Waals surface area contributed by atoms with Crippen molar-refractivity contribution >= 4 is 29.0 Å². The average Bonchev–Trinajstić information content (AvgIpc) is 2.95. The van der Waals surface area contributed by atoms with Crippen LogP contribution in [-0.2, 0) is 4.65 Å². The van der Waals surface area contributed by atoms with Crippen molar-refractivity contribution in [2.24, 2.45) is 5.41 Å². The monoisotopic (exact) mass is 397 g/mol. The Hall–Kier alpha value is -2.84. The van der Waals surface area contributed by atoms with Crippen molar-refractivity contribution in [3.05, 3.63) is 65.9 Å². The van der Waals surface area contributed by atoms with E-state index in [-0.39, 0.29) is 24.0 Å². The highest BCUT2D eigenvalue weighted by atomic mass is 16.5. The quantitative estimate of drug-likeness (QED) is 0.606. The lowest BCUT2D eigenvalue weighted by Gasteiger charge is -2.34. The smallest absolute Gasteiger partial charge is 0.327 e. The van der Waals surface area contributed by atoms with Crippen LogP contribution in [0.2, 0.25) is 6.32 Å². The second-order valence-corrected chi connectivity index (χ2v) is 9.42. The van der Waals surface area contributed by atoms with Crippen LogP contribution >= 0.6 is 0 Å². The van der Waals surface area contributed by atoms with Crippen LogP contribution < -0.4 is 10.8 Å². The van der Waals surface area contributed by atoms with Gasteiger partial charge >= 0.3 is 6.92 Å². The van der Waals surface area contributed by atoms with E-state index in [9.17, 15) is 5.26 Å². The molecule has 0 spiro atoms. The third-order valence-electron chi connectivity index (χ3n) is 6.81. The molecule has 1 aliphatic heterocycles. The number of hydrogen-bond donors (Lipinski definition) is 1. The van der Waals surface area contributed by atoms with Crippen LogP contribution in [0.5, 0.6) is 0 Å². The van der Waals surface area contributed by atoms with Crippen LogP contribution in [0.1, 0.15) is 51.8 Å². The maximum atomic E-state index is 9.72. The van der Waals surface area contributed by atoms with E-state index < -0.39 is 0 Å². The third-order valence-corrected chi connectivity index (χ3v) is 6.81. The van der Waals surface area contributed by atoms with Crippen molar-refractivity contribution in [2.75, 3.05) is 5.32 Å². The molecule has 30 heavy (non-hydrogen) atoms. The summed E-state index contributed by atoms with van der Waals surface area (Å²) in [7, 11) is 0. The Bertz CT molecular complexity index is 1100. The van der Waals surface area contributed by atoms with E-state index in [0.29, 0.717) is 5.56 Å². The molecule has 1 aromatic heterocycles. The highest BCUT2D eigenvalue weighted by Crippen LogP contribution is 2.45. The molecule has 1 atom stereocenters. The fourth-order valence-electron chi connectivity index (χ4n) is 4.14. The van der Waals surface area contributed by atoms with E-state index in [4.69, 9.17) is 4.65 Å². The number of anilines is 1. The lowest BCUT2D eigenvalue weighted by Crippen LogP contribution is -2.36. The van der Waals surface area contributed by atoms with Crippen LogP contribution in [0.3, 0.4) is 0 Å². The minimum atomic E-state index is -0.192. The highest BCUT2D eigenvalue weighted by molar-refractivity contribution is 6.68. The van der Waals surface area contributed by atoms with Gasteiger partial charge in [0.25, 0.3) is 0 Å². The molecule has 5 heteroatoms. The van der Waals surface area contributed by atoms with Crippen molar-refractivity contribution in [2.45, 2.75) is 52.6 Å². The summed E-state index contributed by atoms with van der Waals surface area (Å²) in [4.78, 5) is 4.51. The Morgan fingerprint density at radius 1 is 1.13 bits per heavy atom. The molecule has 2 aromatic carbocycles. The molecule has 0 bridgehead atoms. The number of nitrogens with zero attached hydrogens (tertiary/aromatic N) is 2. The van der Waals surface area contributed by atoms with E-state index in [1.165, 1.54) is 5.56 Å². The molecule has 152 valence electrons. The number of rotatable bonds is 4. The van der Waals surface area contributed by atoms with Gasteiger partial charge in [-0.05, 0) is 49.6 Å². The Labute approximate surface area is 179 Å². The van der Waals surface area contributed by atoms with Crippen molar-refractivity contribution in [1.29, 1.82) is 5.26 Å². The maximum absolute atomic E-state index is 9.72. The molecule has 0 saturated carbocycles. The minimum Gasteiger partial charge on any atom is -0.426 e. The van der Waals surface area contributed by atoms with Gasteiger partial charge in [0.05, 0.1) is 22.4 Å². The molecule has 0 amide bonds. The lowest BCUT2D eigenvalue weighted by molar-refractivity contribution is 0.0375. The van der Waals surface area contributed by atoms with Crippen LogP contribution in [0.25, 0.3) is 10.9 Å². The normalized spacial score (nSPS) is 18.2. The predicted molar refractivity (Wildman–Crippen MR) is 124 cm³/mol. The molecule has 0 aliphatic carbocycles. The molecule has 1 saturated heterocycles. The fourth-order valence-corrected chi connectivity index (χ4v) is 4.14. The van der Waals surface area contributed by atoms with Crippen LogP contribution in [-0.4, -0.2) is 17.5 Å². The standard InChI is InChI=1S/C25H28BN3O/c1-17(18-9-7-6-8-10-18)29-23-19(14-27)15-28-22-12-11-20(13-21(22)23)26-16-24(2,3)25(4,5)30-26/h6-13,15,17H,16H2,1-5H3,(H,28,29). The van der Waals surface area contributed by atoms with Gasteiger partial charge in [-0.1, -0.05) is 56.3 Å². The van der Waals surface area contributed by atoms with Crippen molar-refractivity contribution in [1.82, 2.24) is 4.98 Å². The molecule has 4 rings (SSSR count). The van der Waals surface area contributed by atoms with Gasteiger partial charge in [0.2, 0.25) is 0 Å². The third kappa shape index (κ3) is 3.57. The average molecular weight is 397 g/mol. The Morgan fingerprint density at radius 2 is 1.87 bits per heavy atom. The number of aromatic nitrogens is 1. The zero-order valence-corrected chi connectivity index (χ0v) is 18.4. The van der Waals surface area contributed by atoms with Gasteiger partial charge in [0, 0.05) is 17.6 Å². The molecule has 4 nitrogen and oxygen atoms in total. The van der Waals surface area contributed by atoms with Gasteiger partial charge in [-0.25, -0.2) is 0 Å². The van der Waals surface area contributed by atoms with E-state index in [1.807, 2.05) is 24.3 Å². The van der Waals surface area contributed by atoms with Gasteiger partial charge in [-0.2, -0.15) is 5.26 Å². The summed E-state index contributed by atoms with van der Waals surface area (Å²) in [5, 5.41) is 14.3. The second kappa shape index (κ2) is 7.45. The van der Waals surface area contributed by atoms with Crippen molar-refractivity contribution in [3.8, 4) is 6.07 Å². The summed E-state index contributed by atoms with van der Waals surface area (Å²) < 4.78 is 6.44. The predicted octanol–water partition coefficient (Wildman–Crippen LogP) is 5.31. The summed E-state index contributed by atoms with van der Waals surface area (Å²) in [6, 6.07) is 18.9. The van der Waals surface area contributed by atoms with Gasteiger partial charge in [-0.3, -0.25) is 4.98 Å². The SMILES string of the molecule is CC(Nc1c(C#N)cnc2ccc(B3CC(C)(C)C(C)(C)O3)cc12)c1ccccc1. The first-order valence-electron chi connectivity index (χ1n) is 10.5. The molecular weight excluding hydrogens is 369 g/mol. The van der Waals surface area contributed by atoms with Crippen LogP contribution in [0, 0.1) is 16.7 Å². The molecular formula is C25H28BN3O. The van der Waals surface area contributed by atoms with E-state index in [2.05, 4.69) is 75.3 Å². The van der Waals surface area contributed by atoms with E-state index in [0.717, 1.165) is 28.4 Å². The van der Waals surface area contributed by atoms with E-state index in [1.54, 1.807) is 6.20 Å². The summed E-state index contributed by atoms with van der Waals surface area (Å²) in [6.07, 6.45) is 2.61. The van der Waals surface area contributed by atoms with Crippen LogP contribution in [0.4, 0.5) is 5.69 Å². The van der Waals surface area contributed by atoms with Crippen LogP contribution in [0.15, 0.2) is 54.7 Å². The first kappa shape index (κ1) is 20.4. The van der Waals surface area contributed by atoms with Crippen molar-refractivity contribution in [3.63, 3.8) is 0 Å². The molecule has 3 aromatic rings. The molecule has 0 radical (unpaired) electrons. The van der Waals surface area contributed by atoms with Gasteiger partial charge in [0.15, 0.2) is 0 Å². The first-order chi connectivity index (χ1) is 14.2. The first-order valence-corrected chi connectivity index (χ1v) is 10.5. The lowest BCUT2D eigenvalue weighted by atomic mass is 9.54.